The van der Waals surface area contributed by atoms with Crippen LogP contribution in [0.5, 0.6) is 0 Å². The van der Waals surface area contributed by atoms with Crippen molar-refractivity contribution in [3.63, 3.8) is 0 Å². The summed E-state index contributed by atoms with van der Waals surface area (Å²) in [4.78, 5) is 9.56. The van der Waals surface area contributed by atoms with E-state index in [0.29, 0.717) is 0 Å². The Kier molecular flexibility index (Phi) is 3.37. The van der Waals surface area contributed by atoms with Gasteiger partial charge in [0.1, 0.15) is 0 Å². The molecule has 126 valence electrons. The van der Waals surface area contributed by atoms with E-state index in [1.807, 2.05) is 13.8 Å². The number of hydrogen-bond acceptors (Lipinski definition) is 2. The SMILES string of the molecule is Cc1cc2c(cc1-c1nc(C)c(C)nc1C)C(C)(C)c1ccccc1-2. The van der Waals surface area contributed by atoms with Crippen LogP contribution < -0.4 is 0 Å². The molecule has 1 aliphatic rings. The molecule has 2 nitrogen and oxygen atoms in total. The molecule has 0 atom stereocenters. The standard InChI is InChI=1S/C23H24N2/c1-13-11-19-17-9-7-8-10-20(17)23(5,6)21(19)12-18(13)22-16(4)24-14(2)15(3)25-22/h7-12H,1-6H3. The van der Waals surface area contributed by atoms with E-state index in [1.54, 1.807) is 0 Å². The Bertz CT molecular complexity index is 1010. The molecule has 4 rings (SSSR count). The van der Waals surface area contributed by atoms with Crippen molar-refractivity contribution in [1.29, 1.82) is 0 Å². The molecule has 0 spiro atoms. The predicted octanol–water partition coefficient (Wildman–Crippen LogP) is 5.68. The fraction of sp³-hybridized carbons (Fsp3) is 0.304. The monoisotopic (exact) mass is 328 g/mol. The molecule has 1 heterocycles. The third-order valence-electron chi connectivity index (χ3n) is 5.66. The van der Waals surface area contributed by atoms with Crippen molar-refractivity contribution in [2.24, 2.45) is 0 Å². The molecule has 25 heavy (non-hydrogen) atoms. The van der Waals surface area contributed by atoms with Gasteiger partial charge in [-0.3, -0.25) is 4.98 Å². The molecule has 2 heteroatoms. The lowest BCUT2D eigenvalue weighted by atomic mass is 9.81. The Morgan fingerprint density at radius 3 is 2.12 bits per heavy atom. The Balaban J connectivity index is 1.99. The fourth-order valence-corrected chi connectivity index (χ4v) is 4.08. The third-order valence-corrected chi connectivity index (χ3v) is 5.66. The molecule has 0 amide bonds. The number of nitrogens with zero attached hydrogens (tertiary/aromatic N) is 2. The van der Waals surface area contributed by atoms with E-state index >= 15 is 0 Å². The second-order valence-electron chi connectivity index (χ2n) is 7.71. The van der Waals surface area contributed by atoms with Crippen LogP contribution in [0.2, 0.25) is 0 Å². The summed E-state index contributed by atoms with van der Waals surface area (Å²) in [6, 6.07) is 13.4. The van der Waals surface area contributed by atoms with Gasteiger partial charge in [-0.05, 0) is 61.6 Å². The van der Waals surface area contributed by atoms with Crippen molar-refractivity contribution in [3.05, 3.63) is 70.2 Å². The number of rotatable bonds is 1. The van der Waals surface area contributed by atoms with Crippen LogP contribution >= 0.6 is 0 Å². The van der Waals surface area contributed by atoms with Crippen molar-refractivity contribution >= 4 is 0 Å². The first-order valence-corrected chi connectivity index (χ1v) is 8.88. The van der Waals surface area contributed by atoms with E-state index in [1.165, 1.54) is 33.4 Å². The summed E-state index contributed by atoms with van der Waals surface area (Å²) in [6.07, 6.45) is 0. The van der Waals surface area contributed by atoms with Gasteiger partial charge in [0.15, 0.2) is 0 Å². The number of hydrogen-bond donors (Lipinski definition) is 0. The zero-order valence-electron chi connectivity index (χ0n) is 15.9. The highest BCUT2D eigenvalue weighted by molar-refractivity contribution is 5.84. The second kappa shape index (κ2) is 5.26. The molecule has 2 aromatic carbocycles. The molecule has 0 N–H and O–H groups in total. The van der Waals surface area contributed by atoms with Gasteiger partial charge in [0.25, 0.3) is 0 Å². The number of fused-ring (bicyclic) bond motifs is 3. The van der Waals surface area contributed by atoms with Gasteiger partial charge in [-0.2, -0.15) is 0 Å². The summed E-state index contributed by atoms with van der Waals surface area (Å²) >= 11 is 0. The molecule has 1 aromatic heterocycles. The van der Waals surface area contributed by atoms with Gasteiger partial charge in [-0.25, -0.2) is 4.98 Å². The maximum Gasteiger partial charge on any atom is 0.0920 e. The van der Waals surface area contributed by atoms with Gasteiger partial charge in [-0.15, -0.1) is 0 Å². The van der Waals surface area contributed by atoms with E-state index in [9.17, 15) is 0 Å². The molecule has 0 radical (unpaired) electrons. The smallest absolute Gasteiger partial charge is 0.0920 e. The summed E-state index contributed by atoms with van der Waals surface area (Å²) in [7, 11) is 0. The van der Waals surface area contributed by atoms with E-state index < -0.39 is 0 Å². The van der Waals surface area contributed by atoms with Gasteiger partial charge >= 0.3 is 0 Å². The molecule has 0 aliphatic heterocycles. The first-order chi connectivity index (χ1) is 11.8. The van der Waals surface area contributed by atoms with Gasteiger partial charge in [-0.1, -0.05) is 44.2 Å². The van der Waals surface area contributed by atoms with Gasteiger partial charge < -0.3 is 0 Å². The molecule has 3 aromatic rings. The predicted molar refractivity (Wildman–Crippen MR) is 104 cm³/mol. The maximum absolute atomic E-state index is 4.86. The topological polar surface area (TPSA) is 25.8 Å². The first-order valence-electron chi connectivity index (χ1n) is 8.88. The molecule has 0 bridgehead atoms. The van der Waals surface area contributed by atoms with Crippen LogP contribution in [0, 0.1) is 27.7 Å². The summed E-state index contributed by atoms with van der Waals surface area (Å²) < 4.78 is 0. The highest BCUT2D eigenvalue weighted by Gasteiger charge is 2.35. The van der Waals surface area contributed by atoms with Crippen LogP contribution in [0.25, 0.3) is 22.4 Å². The number of aryl methyl sites for hydroxylation is 4. The maximum atomic E-state index is 4.86. The first kappa shape index (κ1) is 16.0. The Hall–Kier alpha value is -2.48. The molecule has 1 aliphatic carbocycles. The van der Waals surface area contributed by atoms with Gasteiger partial charge in [0.05, 0.1) is 22.8 Å². The largest absolute Gasteiger partial charge is 0.254 e. The van der Waals surface area contributed by atoms with Crippen molar-refractivity contribution < 1.29 is 0 Å². The van der Waals surface area contributed by atoms with Crippen LogP contribution in [0.4, 0.5) is 0 Å². The summed E-state index contributed by atoms with van der Waals surface area (Å²) in [5, 5.41) is 0. The zero-order valence-corrected chi connectivity index (χ0v) is 15.9. The molecular weight excluding hydrogens is 304 g/mol. The Morgan fingerprint density at radius 2 is 1.36 bits per heavy atom. The summed E-state index contributed by atoms with van der Waals surface area (Å²) in [6.45, 7) is 12.9. The normalized spacial score (nSPS) is 14.3. The second-order valence-corrected chi connectivity index (χ2v) is 7.71. The minimum absolute atomic E-state index is 0.00938. The van der Waals surface area contributed by atoms with E-state index in [4.69, 9.17) is 9.97 Å². The fourth-order valence-electron chi connectivity index (χ4n) is 4.08. The quantitative estimate of drug-likeness (QED) is 0.574. The molecule has 0 saturated heterocycles. The number of benzene rings is 2. The Labute approximate surface area is 150 Å². The summed E-state index contributed by atoms with van der Waals surface area (Å²) in [5.41, 5.74) is 12.0. The van der Waals surface area contributed by atoms with Gasteiger partial charge in [0, 0.05) is 11.0 Å². The average Bonchev–Trinajstić information content (AvgIpc) is 2.79. The van der Waals surface area contributed by atoms with E-state index in [-0.39, 0.29) is 5.41 Å². The van der Waals surface area contributed by atoms with Crippen molar-refractivity contribution in [1.82, 2.24) is 9.97 Å². The lowest BCUT2D eigenvalue weighted by Crippen LogP contribution is -2.15. The lowest BCUT2D eigenvalue weighted by Gasteiger charge is -2.22. The van der Waals surface area contributed by atoms with Crippen molar-refractivity contribution in [2.75, 3.05) is 0 Å². The van der Waals surface area contributed by atoms with E-state index in [2.05, 4.69) is 64.1 Å². The Morgan fingerprint density at radius 1 is 0.680 bits per heavy atom. The minimum atomic E-state index is 0.00938. The lowest BCUT2D eigenvalue weighted by molar-refractivity contribution is 0.660. The van der Waals surface area contributed by atoms with Crippen molar-refractivity contribution in [3.8, 4) is 22.4 Å². The van der Waals surface area contributed by atoms with Crippen LogP contribution in [-0.4, -0.2) is 9.97 Å². The average molecular weight is 328 g/mol. The third kappa shape index (κ3) is 2.24. The van der Waals surface area contributed by atoms with Crippen LogP contribution in [0.15, 0.2) is 36.4 Å². The van der Waals surface area contributed by atoms with E-state index in [0.717, 1.165) is 22.8 Å². The highest BCUT2D eigenvalue weighted by Crippen LogP contribution is 2.50. The van der Waals surface area contributed by atoms with Crippen molar-refractivity contribution in [2.45, 2.75) is 47.0 Å². The highest BCUT2D eigenvalue weighted by atomic mass is 14.8. The van der Waals surface area contributed by atoms with Crippen LogP contribution in [-0.2, 0) is 5.41 Å². The molecule has 0 unspecified atom stereocenters. The van der Waals surface area contributed by atoms with Crippen LogP contribution in [0.3, 0.4) is 0 Å². The molecular formula is C23H24N2. The molecule has 0 saturated carbocycles. The van der Waals surface area contributed by atoms with Crippen LogP contribution in [0.1, 0.15) is 47.6 Å². The zero-order chi connectivity index (χ0) is 17.9. The molecule has 0 fully saturated rings. The minimum Gasteiger partial charge on any atom is -0.254 e. The van der Waals surface area contributed by atoms with Gasteiger partial charge in [0.2, 0.25) is 0 Å². The summed E-state index contributed by atoms with van der Waals surface area (Å²) in [5.74, 6) is 0. The number of aromatic nitrogens is 2.